The Morgan fingerprint density at radius 2 is 2.00 bits per heavy atom. The Hall–Kier alpha value is -4.22. The first kappa shape index (κ1) is 24.4. The first-order chi connectivity index (χ1) is 16.3. The molecule has 7 nitrogen and oxygen atoms in total. The van der Waals surface area contributed by atoms with Crippen LogP contribution in [0.25, 0.3) is 6.08 Å². The van der Waals surface area contributed by atoms with Crippen molar-refractivity contribution in [2.24, 2.45) is 0 Å². The van der Waals surface area contributed by atoms with Crippen molar-refractivity contribution in [2.75, 3.05) is 11.9 Å². The van der Waals surface area contributed by atoms with Crippen LogP contribution in [0.5, 0.6) is 5.75 Å². The fourth-order valence-corrected chi connectivity index (χ4v) is 3.50. The number of nitro groups is 1. The molecule has 0 aliphatic carbocycles. The lowest BCUT2D eigenvalue weighted by atomic mass is 10.0. The summed E-state index contributed by atoms with van der Waals surface area (Å²) in [5.41, 5.74) is 1.18. The number of hydrogen-bond acceptors (Lipinski definition) is 5. The van der Waals surface area contributed by atoms with E-state index in [0.717, 1.165) is 0 Å². The Morgan fingerprint density at radius 1 is 1.24 bits per heavy atom. The maximum atomic E-state index is 14.1. The molecule has 0 saturated heterocycles. The number of nitrogens with zero attached hydrogens (tertiary/aromatic N) is 2. The summed E-state index contributed by atoms with van der Waals surface area (Å²) in [4.78, 5) is 22.9. The molecule has 1 amide bonds. The zero-order chi connectivity index (χ0) is 24.7. The summed E-state index contributed by atoms with van der Waals surface area (Å²) in [6.07, 6.45) is 1.52. The lowest BCUT2D eigenvalue weighted by Gasteiger charge is -2.14. The third kappa shape index (κ3) is 5.97. The maximum absolute atomic E-state index is 14.1. The molecule has 3 rings (SSSR count). The summed E-state index contributed by atoms with van der Waals surface area (Å²) >= 11 is 6.48. The predicted octanol–water partition coefficient (Wildman–Crippen LogP) is 5.92. The van der Waals surface area contributed by atoms with E-state index in [-0.39, 0.29) is 34.2 Å². The first-order valence-corrected chi connectivity index (χ1v) is 10.6. The van der Waals surface area contributed by atoms with Crippen LogP contribution in [0, 0.1) is 27.3 Å². The summed E-state index contributed by atoms with van der Waals surface area (Å²) in [7, 11) is 0. The van der Waals surface area contributed by atoms with Crippen LogP contribution in [-0.4, -0.2) is 17.4 Å². The minimum absolute atomic E-state index is 0.175. The molecule has 0 radical (unpaired) electrons. The highest BCUT2D eigenvalue weighted by Gasteiger charge is 2.16. The third-order valence-electron chi connectivity index (χ3n) is 4.79. The molecule has 172 valence electrons. The predicted molar refractivity (Wildman–Crippen MR) is 127 cm³/mol. The minimum Gasteiger partial charge on any atom is -0.494 e. The van der Waals surface area contributed by atoms with Crippen LogP contribution in [0.1, 0.15) is 23.6 Å². The molecule has 0 aliphatic heterocycles. The molecule has 9 heteroatoms. The van der Waals surface area contributed by atoms with Crippen molar-refractivity contribution in [3.05, 3.63) is 104 Å². The van der Waals surface area contributed by atoms with Crippen LogP contribution < -0.4 is 10.1 Å². The molecule has 0 saturated carbocycles. The highest BCUT2D eigenvalue weighted by atomic mass is 35.5. The number of carbonyl (C=O) groups excluding carboxylic acids is 1. The van der Waals surface area contributed by atoms with Crippen LogP contribution in [0.15, 0.2) is 66.2 Å². The first-order valence-electron chi connectivity index (χ1n) is 10.2. The Morgan fingerprint density at radius 3 is 2.68 bits per heavy atom. The molecule has 0 fully saturated rings. The summed E-state index contributed by atoms with van der Waals surface area (Å²) in [5.74, 6) is -0.706. The molecule has 0 aliphatic rings. The van der Waals surface area contributed by atoms with E-state index in [1.807, 2.05) is 6.07 Å². The normalized spacial score (nSPS) is 10.9. The van der Waals surface area contributed by atoms with Gasteiger partial charge in [0, 0.05) is 34.8 Å². The van der Waals surface area contributed by atoms with Gasteiger partial charge >= 0.3 is 0 Å². The van der Waals surface area contributed by atoms with E-state index in [4.69, 9.17) is 16.3 Å². The number of hydrogen-bond donors (Lipinski definition) is 1. The van der Waals surface area contributed by atoms with Gasteiger partial charge in [-0.05, 0) is 48.4 Å². The van der Waals surface area contributed by atoms with Gasteiger partial charge in [-0.3, -0.25) is 14.9 Å². The van der Waals surface area contributed by atoms with Gasteiger partial charge in [0.2, 0.25) is 0 Å². The summed E-state index contributed by atoms with van der Waals surface area (Å²) < 4.78 is 19.8. The van der Waals surface area contributed by atoms with Crippen LogP contribution in [-0.2, 0) is 11.2 Å². The average Bonchev–Trinajstić information content (AvgIpc) is 2.81. The van der Waals surface area contributed by atoms with Crippen molar-refractivity contribution in [2.45, 2.75) is 13.3 Å². The number of nitro benzene ring substituents is 1. The number of amides is 1. The second kappa shape index (κ2) is 11.1. The van der Waals surface area contributed by atoms with Crippen molar-refractivity contribution in [3.8, 4) is 11.8 Å². The molecular formula is C25H19ClFN3O4. The third-order valence-corrected chi connectivity index (χ3v) is 5.13. The smallest absolute Gasteiger partial charge is 0.271 e. The highest BCUT2D eigenvalue weighted by molar-refractivity contribution is 6.31. The lowest BCUT2D eigenvalue weighted by molar-refractivity contribution is -0.384. The van der Waals surface area contributed by atoms with Crippen LogP contribution >= 0.6 is 11.6 Å². The second-order valence-corrected chi connectivity index (χ2v) is 7.52. The van der Waals surface area contributed by atoms with Gasteiger partial charge in [-0.15, -0.1) is 0 Å². The van der Waals surface area contributed by atoms with Gasteiger partial charge in [0.15, 0.2) is 0 Å². The Balaban J connectivity index is 1.91. The minimum atomic E-state index is -0.743. The molecule has 0 bridgehead atoms. The Bertz CT molecular complexity index is 1320. The summed E-state index contributed by atoms with van der Waals surface area (Å²) in [6, 6.07) is 16.7. The second-order valence-electron chi connectivity index (χ2n) is 7.11. The van der Waals surface area contributed by atoms with Crippen molar-refractivity contribution >= 4 is 35.0 Å². The van der Waals surface area contributed by atoms with Gasteiger partial charge < -0.3 is 10.1 Å². The van der Waals surface area contributed by atoms with Crippen LogP contribution in [0.4, 0.5) is 15.8 Å². The number of rotatable bonds is 8. The van der Waals surface area contributed by atoms with Crippen molar-refractivity contribution < 1.29 is 18.8 Å². The molecule has 3 aromatic rings. The highest BCUT2D eigenvalue weighted by Crippen LogP contribution is 2.32. The van der Waals surface area contributed by atoms with E-state index in [0.29, 0.717) is 29.0 Å². The molecule has 34 heavy (non-hydrogen) atoms. The van der Waals surface area contributed by atoms with Gasteiger partial charge in [-0.25, -0.2) is 4.39 Å². The number of nitrogens with one attached hydrogen (secondary N) is 1. The van der Waals surface area contributed by atoms with Crippen LogP contribution in [0.3, 0.4) is 0 Å². The van der Waals surface area contributed by atoms with Gasteiger partial charge in [-0.2, -0.15) is 5.26 Å². The monoisotopic (exact) mass is 479 g/mol. The van der Waals surface area contributed by atoms with E-state index in [1.165, 1.54) is 36.4 Å². The fraction of sp³-hybridized carbons (Fsp3) is 0.120. The molecule has 0 heterocycles. The maximum Gasteiger partial charge on any atom is 0.271 e. The van der Waals surface area contributed by atoms with Crippen molar-refractivity contribution in [1.82, 2.24) is 0 Å². The van der Waals surface area contributed by atoms with E-state index in [1.54, 1.807) is 37.3 Å². The SMILES string of the molecule is CCOc1cc(/C=C(\C#N)C(=O)Nc2cccc([N+](=O)[O-])c2)cc(Cl)c1Cc1ccccc1F. The lowest BCUT2D eigenvalue weighted by Crippen LogP contribution is -2.13. The topological polar surface area (TPSA) is 105 Å². The van der Waals surface area contributed by atoms with Crippen molar-refractivity contribution in [3.63, 3.8) is 0 Å². The molecule has 0 atom stereocenters. The summed E-state index contributed by atoms with van der Waals surface area (Å²) in [6.45, 7) is 2.11. The van der Waals surface area contributed by atoms with Gasteiger partial charge in [-0.1, -0.05) is 35.9 Å². The van der Waals surface area contributed by atoms with E-state index in [2.05, 4.69) is 5.32 Å². The number of halogens is 2. The molecule has 3 aromatic carbocycles. The largest absolute Gasteiger partial charge is 0.494 e. The molecule has 0 aromatic heterocycles. The van der Waals surface area contributed by atoms with Gasteiger partial charge in [0.1, 0.15) is 23.2 Å². The molecule has 0 spiro atoms. The van der Waals surface area contributed by atoms with Crippen LogP contribution in [0.2, 0.25) is 5.02 Å². The quantitative estimate of drug-likeness (QED) is 0.187. The zero-order valence-corrected chi connectivity index (χ0v) is 18.8. The van der Waals surface area contributed by atoms with Gasteiger partial charge in [0.05, 0.1) is 11.5 Å². The zero-order valence-electron chi connectivity index (χ0n) is 18.0. The number of carbonyl (C=O) groups is 1. The van der Waals surface area contributed by atoms with Crippen molar-refractivity contribution in [1.29, 1.82) is 5.26 Å². The Labute approximate surface area is 200 Å². The average molecular weight is 480 g/mol. The molecule has 1 N–H and O–H groups in total. The molecular weight excluding hydrogens is 461 g/mol. The standard InChI is InChI=1S/C25H19ClFN3O4/c1-2-34-24-12-16(11-22(26)21(24)13-17-6-3-4-9-23(17)27)10-18(15-28)25(31)29-19-7-5-8-20(14-19)30(32)33/h3-12,14H,2,13H2,1H3,(H,29,31)/b18-10+. The number of non-ortho nitro benzene ring substituents is 1. The summed E-state index contributed by atoms with van der Waals surface area (Å²) in [5, 5.41) is 23.2. The number of ether oxygens (including phenoxy) is 1. The number of nitriles is 1. The van der Waals surface area contributed by atoms with E-state index < -0.39 is 10.8 Å². The van der Waals surface area contributed by atoms with E-state index >= 15 is 0 Å². The fourth-order valence-electron chi connectivity index (χ4n) is 3.21. The molecule has 0 unspecified atom stereocenters. The Kier molecular flexibility index (Phi) is 7.96. The number of anilines is 1. The van der Waals surface area contributed by atoms with Gasteiger partial charge in [0.25, 0.3) is 11.6 Å². The van der Waals surface area contributed by atoms with E-state index in [9.17, 15) is 24.6 Å². The number of benzene rings is 3.